The second kappa shape index (κ2) is 9.96. The first-order chi connectivity index (χ1) is 16.3. The maximum atomic E-state index is 12.9. The predicted octanol–water partition coefficient (Wildman–Crippen LogP) is 5.01. The number of carbonyl (C=O) groups excluding carboxylic acids is 2. The summed E-state index contributed by atoms with van der Waals surface area (Å²) in [5.41, 5.74) is 2.97. The molecule has 2 aromatic carbocycles. The molecule has 0 unspecified atom stereocenters. The molecule has 0 saturated heterocycles. The van der Waals surface area contributed by atoms with Crippen LogP contribution in [-0.4, -0.2) is 17.0 Å². The number of aryl methyl sites for hydroxylation is 2. The van der Waals surface area contributed by atoms with Crippen molar-refractivity contribution in [3.63, 3.8) is 0 Å². The molecule has 8 nitrogen and oxygen atoms in total. The van der Waals surface area contributed by atoms with Gasteiger partial charge in [0.25, 0.3) is 0 Å². The van der Waals surface area contributed by atoms with Crippen LogP contribution in [0.2, 0.25) is 0 Å². The summed E-state index contributed by atoms with van der Waals surface area (Å²) in [5.74, 6) is 0.615. The molecule has 4 rings (SSSR count). The highest BCUT2D eigenvalue weighted by atomic mass is 32.2. The van der Waals surface area contributed by atoms with Crippen molar-refractivity contribution in [3.05, 3.63) is 87.1 Å². The fourth-order valence-corrected chi connectivity index (χ4v) is 4.66. The quantitative estimate of drug-likeness (QED) is 0.224. The zero-order valence-electron chi connectivity index (χ0n) is 18.8. The Morgan fingerprint density at radius 1 is 1.12 bits per heavy atom. The van der Waals surface area contributed by atoms with E-state index >= 15 is 0 Å². The van der Waals surface area contributed by atoms with Crippen LogP contribution in [0.3, 0.4) is 0 Å². The minimum Gasteiger partial charge on any atom is -0.457 e. The second-order valence-corrected chi connectivity index (χ2v) is 8.66. The molecule has 0 atom stereocenters. The van der Waals surface area contributed by atoms with E-state index in [0.717, 1.165) is 21.9 Å². The number of nitrogens with one attached hydrogen (secondary N) is 1. The van der Waals surface area contributed by atoms with E-state index in [9.17, 15) is 14.4 Å². The number of rotatable bonds is 7. The Bertz CT molecular complexity index is 1420. The summed E-state index contributed by atoms with van der Waals surface area (Å²) < 4.78 is 16.0. The summed E-state index contributed by atoms with van der Waals surface area (Å²) in [6.07, 6.45) is 0. The Balaban J connectivity index is 1.52. The van der Waals surface area contributed by atoms with Crippen molar-refractivity contribution in [3.8, 4) is 0 Å². The van der Waals surface area contributed by atoms with E-state index in [1.807, 2.05) is 26.0 Å². The average Bonchev–Trinajstić information content (AvgIpc) is 3.12. The largest absolute Gasteiger partial charge is 0.457 e. The van der Waals surface area contributed by atoms with Crippen LogP contribution < -0.4 is 10.9 Å². The number of hydrogen-bond acceptors (Lipinski definition) is 8. The lowest BCUT2D eigenvalue weighted by Crippen LogP contribution is -2.09. The van der Waals surface area contributed by atoms with Gasteiger partial charge in [-0.3, -0.25) is 4.79 Å². The number of hydrogen-bond donors (Lipinski definition) is 1. The number of esters is 1. The van der Waals surface area contributed by atoms with Crippen LogP contribution in [0, 0.1) is 13.8 Å². The third-order valence-electron chi connectivity index (χ3n) is 5.17. The molecule has 0 aliphatic heterocycles. The Hall–Kier alpha value is -3.85. The fraction of sp³-hybridized carbons (Fsp3) is 0.200. The molecule has 0 radical (unpaired) electrons. The number of fused-ring (bicyclic) bond motifs is 1. The smallest absolute Gasteiger partial charge is 0.339 e. The number of benzene rings is 2. The average molecular weight is 479 g/mol. The van der Waals surface area contributed by atoms with Crippen molar-refractivity contribution in [2.24, 2.45) is 0 Å². The van der Waals surface area contributed by atoms with E-state index in [4.69, 9.17) is 13.7 Å². The summed E-state index contributed by atoms with van der Waals surface area (Å²) in [7, 11) is 0. The maximum absolute atomic E-state index is 12.9. The Morgan fingerprint density at radius 3 is 2.65 bits per heavy atom. The summed E-state index contributed by atoms with van der Waals surface area (Å²) in [5, 5.41) is 7.22. The molecule has 0 bridgehead atoms. The van der Waals surface area contributed by atoms with E-state index in [-0.39, 0.29) is 12.5 Å². The van der Waals surface area contributed by atoms with Crippen molar-refractivity contribution in [1.82, 2.24) is 5.16 Å². The highest BCUT2D eigenvalue weighted by Crippen LogP contribution is 2.29. The van der Waals surface area contributed by atoms with Gasteiger partial charge < -0.3 is 19.0 Å². The summed E-state index contributed by atoms with van der Waals surface area (Å²) in [6.45, 7) is 5.02. The van der Waals surface area contributed by atoms with E-state index < -0.39 is 11.6 Å². The zero-order chi connectivity index (χ0) is 24.2. The highest BCUT2D eigenvalue weighted by molar-refractivity contribution is 7.98. The lowest BCUT2D eigenvalue weighted by Gasteiger charge is -2.11. The number of anilines is 1. The van der Waals surface area contributed by atoms with Gasteiger partial charge in [0.15, 0.2) is 0 Å². The first-order valence-corrected chi connectivity index (χ1v) is 11.5. The molecule has 1 N–H and O–H groups in total. The lowest BCUT2D eigenvalue weighted by molar-refractivity contribution is -0.114. The normalized spacial score (nSPS) is 10.9. The molecule has 0 aliphatic carbocycles. The Morgan fingerprint density at radius 2 is 1.91 bits per heavy atom. The molecule has 9 heteroatoms. The molecule has 0 fully saturated rings. The van der Waals surface area contributed by atoms with Crippen LogP contribution in [-0.2, 0) is 21.9 Å². The maximum Gasteiger partial charge on any atom is 0.339 e. The molecular weight excluding hydrogens is 456 g/mol. The van der Waals surface area contributed by atoms with Crippen LogP contribution >= 0.6 is 11.8 Å². The van der Waals surface area contributed by atoms with Crippen molar-refractivity contribution < 1.29 is 23.3 Å². The molecule has 174 valence electrons. The molecule has 34 heavy (non-hydrogen) atoms. The van der Waals surface area contributed by atoms with Gasteiger partial charge in [0.2, 0.25) is 5.91 Å². The van der Waals surface area contributed by atoms with Gasteiger partial charge >= 0.3 is 11.6 Å². The third-order valence-corrected chi connectivity index (χ3v) is 6.27. The van der Waals surface area contributed by atoms with Crippen LogP contribution in [0.15, 0.2) is 67.2 Å². The second-order valence-electron chi connectivity index (χ2n) is 7.65. The van der Waals surface area contributed by atoms with Crippen molar-refractivity contribution >= 4 is 40.3 Å². The molecule has 1 amide bonds. The van der Waals surface area contributed by atoms with Gasteiger partial charge in [-0.25, -0.2) is 9.59 Å². The van der Waals surface area contributed by atoms with E-state index in [0.29, 0.717) is 33.5 Å². The van der Waals surface area contributed by atoms with Gasteiger partial charge in [-0.05, 0) is 38.1 Å². The molecule has 2 aromatic heterocycles. The van der Waals surface area contributed by atoms with Gasteiger partial charge in [-0.2, -0.15) is 0 Å². The minimum absolute atomic E-state index is 0.108. The zero-order valence-corrected chi connectivity index (χ0v) is 19.7. The van der Waals surface area contributed by atoms with E-state index in [2.05, 4.69) is 10.5 Å². The molecule has 4 aromatic rings. The van der Waals surface area contributed by atoms with E-state index in [1.165, 1.54) is 24.8 Å². The number of nitrogens with zero attached hydrogens (tertiary/aromatic N) is 1. The summed E-state index contributed by atoms with van der Waals surface area (Å²) in [6, 6.07) is 13.4. The number of ether oxygens (including phenoxy) is 1. The number of amides is 1. The van der Waals surface area contributed by atoms with Crippen molar-refractivity contribution in [2.75, 3.05) is 5.32 Å². The SMILES string of the molecule is CC(=O)Nc1ccc2c(COC(=O)c3ccccc3SCc3c(C)noc3C)cc(=O)oc2c1. The molecule has 0 saturated carbocycles. The first kappa shape index (κ1) is 23.3. The van der Waals surface area contributed by atoms with Crippen molar-refractivity contribution in [1.29, 1.82) is 0 Å². The Labute approximate surface area is 199 Å². The number of thioether (sulfide) groups is 1. The first-order valence-electron chi connectivity index (χ1n) is 10.5. The minimum atomic E-state index is -0.575. The Kier molecular flexibility index (Phi) is 6.83. The van der Waals surface area contributed by atoms with Crippen LogP contribution in [0.1, 0.15) is 39.9 Å². The molecular formula is C25H22N2O6S. The predicted molar refractivity (Wildman–Crippen MR) is 128 cm³/mol. The standard InChI is InChI=1S/C25H22N2O6S/c1-14-21(15(2)33-27-14)13-34-23-7-5-4-6-20(23)25(30)31-12-17-10-24(29)32-22-11-18(26-16(3)28)8-9-19(17)22/h4-11H,12-13H2,1-3H3,(H,26,28). The van der Waals surface area contributed by atoms with Crippen LogP contribution in [0.5, 0.6) is 0 Å². The van der Waals surface area contributed by atoms with Gasteiger partial charge in [0.1, 0.15) is 18.0 Å². The number of carbonyl (C=O) groups is 2. The topological polar surface area (TPSA) is 112 Å². The summed E-state index contributed by atoms with van der Waals surface area (Å²) >= 11 is 1.49. The summed E-state index contributed by atoms with van der Waals surface area (Å²) in [4.78, 5) is 37.0. The monoisotopic (exact) mass is 478 g/mol. The number of aromatic nitrogens is 1. The van der Waals surface area contributed by atoms with Crippen LogP contribution in [0.25, 0.3) is 11.0 Å². The van der Waals surface area contributed by atoms with E-state index in [1.54, 1.807) is 30.3 Å². The third kappa shape index (κ3) is 5.20. The van der Waals surface area contributed by atoms with Gasteiger partial charge in [0.05, 0.1) is 11.3 Å². The van der Waals surface area contributed by atoms with Crippen LogP contribution in [0.4, 0.5) is 5.69 Å². The molecule has 2 heterocycles. The molecule has 0 aliphatic rings. The lowest BCUT2D eigenvalue weighted by atomic mass is 10.1. The fourth-order valence-electron chi connectivity index (χ4n) is 3.47. The molecule has 0 spiro atoms. The van der Waals surface area contributed by atoms with Gasteiger partial charge in [-0.1, -0.05) is 17.3 Å². The highest BCUT2D eigenvalue weighted by Gasteiger charge is 2.17. The van der Waals surface area contributed by atoms with Crippen molar-refractivity contribution in [2.45, 2.75) is 38.0 Å². The van der Waals surface area contributed by atoms with Gasteiger partial charge in [0, 0.05) is 51.9 Å². The van der Waals surface area contributed by atoms with Gasteiger partial charge in [-0.15, -0.1) is 11.8 Å².